The zero-order valence-corrected chi connectivity index (χ0v) is 15.6. The first-order valence-corrected chi connectivity index (χ1v) is 9.93. The second-order valence-electron chi connectivity index (χ2n) is 7.74. The van der Waals surface area contributed by atoms with Crippen molar-refractivity contribution in [2.24, 2.45) is 16.0 Å². The van der Waals surface area contributed by atoms with Gasteiger partial charge in [0.1, 0.15) is 17.8 Å². The van der Waals surface area contributed by atoms with Gasteiger partial charge in [0.15, 0.2) is 0 Å². The second-order valence-corrected chi connectivity index (χ2v) is 7.74. The van der Waals surface area contributed by atoms with Gasteiger partial charge in [-0.1, -0.05) is 0 Å². The Hall–Kier alpha value is -2.77. The van der Waals surface area contributed by atoms with Gasteiger partial charge in [0.2, 0.25) is 5.91 Å². The number of carbonyl (C=O) groups is 1. The Morgan fingerprint density at radius 2 is 2.07 bits per heavy atom. The molecule has 4 aliphatic heterocycles. The van der Waals surface area contributed by atoms with Crippen LogP contribution in [0.15, 0.2) is 40.8 Å². The molecule has 7 nitrogen and oxygen atoms in total. The fraction of sp³-hybridized carbons (Fsp3) is 0.500. The standard InChI is InChI=1S/C20H23FN6O/c21-16-9-14(11-22-13-16)17-3-1-7-26(17)18-4-8-27-19(24-18)10-15(12-23-27)20(28)25-5-2-6-25/h4,8-9,11-13,15,17,19H,1-3,5-7,10H2/t15?,17-,19?/m1/s1. The molecule has 0 spiro atoms. The first-order chi connectivity index (χ1) is 13.7. The molecule has 0 saturated carbocycles. The van der Waals surface area contributed by atoms with E-state index in [-0.39, 0.29) is 29.8 Å². The van der Waals surface area contributed by atoms with Crippen molar-refractivity contribution < 1.29 is 9.18 Å². The first kappa shape index (κ1) is 17.3. The van der Waals surface area contributed by atoms with Gasteiger partial charge in [-0.05, 0) is 37.0 Å². The van der Waals surface area contributed by atoms with Crippen molar-refractivity contribution in [2.75, 3.05) is 19.6 Å². The van der Waals surface area contributed by atoms with Crippen LogP contribution >= 0.6 is 0 Å². The van der Waals surface area contributed by atoms with E-state index in [9.17, 15) is 9.18 Å². The fourth-order valence-electron chi connectivity index (χ4n) is 4.32. The molecule has 2 fully saturated rings. The summed E-state index contributed by atoms with van der Waals surface area (Å²) in [4.78, 5) is 25.6. The Morgan fingerprint density at radius 3 is 2.86 bits per heavy atom. The van der Waals surface area contributed by atoms with Crippen LogP contribution in [0, 0.1) is 11.7 Å². The number of rotatable bonds is 2. The van der Waals surface area contributed by atoms with E-state index in [0.29, 0.717) is 6.42 Å². The summed E-state index contributed by atoms with van der Waals surface area (Å²) in [6.07, 6.45) is 12.1. The van der Waals surface area contributed by atoms with Crippen molar-refractivity contribution in [3.8, 4) is 0 Å². The third-order valence-electron chi connectivity index (χ3n) is 5.95. The van der Waals surface area contributed by atoms with Gasteiger partial charge in [-0.25, -0.2) is 14.4 Å². The number of hydrogen-bond donors (Lipinski definition) is 0. The molecule has 146 valence electrons. The molecule has 0 aromatic carbocycles. The largest absolute Gasteiger partial charge is 0.350 e. The number of nitrogens with zero attached hydrogens (tertiary/aromatic N) is 6. The highest BCUT2D eigenvalue weighted by molar-refractivity contribution is 5.96. The SMILES string of the molecule is O=C(C1C=NN2C=CC(N3CCC[C@@H]3c3cncc(F)c3)=NC2C1)N1CCC1. The average molecular weight is 382 g/mol. The van der Waals surface area contributed by atoms with Crippen molar-refractivity contribution in [1.82, 2.24) is 19.8 Å². The van der Waals surface area contributed by atoms with E-state index >= 15 is 0 Å². The minimum Gasteiger partial charge on any atom is -0.350 e. The molecule has 0 N–H and O–H groups in total. The molecule has 28 heavy (non-hydrogen) atoms. The maximum absolute atomic E-state index is 13.6. The topological polar surface area (TPSA) is 64.4 Å². The van der Waals surface area contributed by atoms with Crippen molar-refractivity contribution in [1.29, 1.82) is 0 Å². The lowest BCUT2D eigenvalue weighted by Gasteiger charge is -2.38. The van der Waals surface area contributed by atoms with Crippen molar-refractivity contribution in [2.45, 2.75) is 37.9 Å². The minimum atomic E-state index is -0.314. The van der Waals surface area contributed by atoms with Gasteiger partial charge >= 0.3 is 0 Å². The third kappa shape index (κ3) is 3.06. The van der Waals surface area contributed by atoms with Crippen LogP contribution in [0.4, 0.5) is 4.39 Å². The number of hydrogen-bond acceptors (Lipinski definition) is 6. The summed E-state index contributed by atoms with van der Waals surface area (Å²) in [5.41, 5.74) is 0.878. The molecule has 0 aliphatic carbocycles. The summed E-state index contributed by atoms with van der Waals surface area (Å²) in [5.74, 6) is 0.511. The van der Waals surface area contributed by atoms with Crippen LogP contribution in [0.2, 0.25) is 0 Å². The van der Waals surface area contributed by atoms with Gasteiger partial charge in [0, 0.05) is 44.7 Å². The predicted molar refractivity (Wildman–Crippen MR) is 103 cm³/mol. The van der Waals surface area contributed by atoms with E-state index in [0.717, 1.165) is 50.3 Å². The third-order valence-corrected chi connectivity index (χ3v) is 5.95. The summed E-state index contributed by atoms with van der Waals surface area (Å²) >= 11 is 0. The van der Waals surface area contributed by atoms with Gasteiger partial charge in [-0.2, -0.15) is 5.10 Å². The van der Waals surface area contributed by atoms with Crippen LogP contribution < -0.4 is 0 Å². The molecule has 5 rings (SSSR count). The van der Waals surface area contributed by atoms with Gasteiger partial charge in [-0.3, -0.25) is 9.78 Å². The Labute approximate surface area is 163 Å². The summed E-state index contributed by atoms with van der Waals surface area (Å²) in [5, 5.41) is 6.25. The van der Waals surface area contributed by atoms with Crippen LogP contribution in [0.3, 0.4) is 0 Å². The van der Waals surface area contributed by atoms with E-state index < -0.39 is 0 Å². The molecular formula is C20H23FN6O. The first-order valence-electron chi connectivity index (χ1n) is 9.93. The number of aromatic nitrogens is 1. The van der Waals surface area contributed by atoms with Crippen LogP contribution in [0.1, 0.15) is 37.3 Å². The van der Waals surface area contributed by atoms with Crippen molar-refractivity contribution in [3.63, 3.8) is 0 Å². The van der Waals surface area contributed by atoms with E-state index in [4.69, 9.17) is 4.99 Å². The molecule has 4 aliphatic rings. The molecular weight excluding hydrogens is 359 g/mol. The van der Waals surface area contributed by atoms with Gasteiger partial charge < -0.3 is 9.80 Å². The van der Waals surface area contributed by atoms with Crippen molar-refractivity contribution in [3.05, 3.63) is 42.1 Å². The number of aliphatic imine (C=N–C) groups is 1. The monoisotopic (exact) mass is 382 g/mol. The Bertz CT molecular complexity index is 864. The van der Waals surface area contributed by atoms with E-state index in [2.05, 4.69) is 15.0 Å². The highest BCUT2D eigenvalue weighted by Gasteiger charge is 2.36. The Morgan fingerprint density at radius 1 is 1.18 bits per heavy atom. The number of carbonyl (C=O) groups excluding carboxylic acids is 1. The molecule has 5 heterocycles. The van der Waals surface area contributed by atoms with Crippen LogP contribution in [0.25, 0.3) is 0 Å². The van der Waals surface area contributed by atoms with E-state index in [1.165, 1.54) is 6.20 Å². The number of halogens is 1. The number of hydrazone groups is 1. The second kappa shape index (κ2) is 7.00. The summed E-state index contributed by atoms with van der Waals surface area (Å²) in [7, 11) is 0. The molecule has 1 amide bonds. The van der Waals surface area contributed by atoms with Crippen LogP contribution in [0.5, 0.6) is 0 Å². The average Bonchev–Trinajstić information content (AvgIpc) is 3.15. The number of amides is 1. The Balaban J connectivity index is 1.35. The molecule has 1 aromatic heterocycles. The molecule has 1 aromatic rings. The summed E-state index contributed by atoms with van der Waals surface area (Å²) in [6, 6.07) is 1.63. The minimum absolute atomic E-state index is 0.0729. The number of amidine groups is 1. The molecule has 2 unspecified atom stereocenters. The van der Waals surface area contributed by atoms with Crippen LogP contribution in [-0.4, -0.2) is 63.6 Å². The van der Waals surface area contributed by atoms with Gasteiger partial charge in [0.05, 0.1) is 18.2 Å². The molecule has 3 atom stereocenters. The highest BCUT2D eigenvalue weighted by atomic mass is 19.1. The maximum atomic E-state index is 13.6. The fourth-order valence-corrected chi connectivity index (χ4v) is 4.32. The quantitative estimate of drug-likeness (QED) is 0.786. The normalized spacial score (nSPS) is 28.8. The zero-order chi connectivity index (χ0) is 19.1. The van der Waals surface area contributed by atoms with Gasteiger partial charge in [-0.15, -0.1) is 0 Å². The van der Waals surface area contributed by atoms with E-state index in [1.807, 2.05) is 22.2 Å². The summed E-state index contributed by atoms with van der Waals surface area (Å²) < 4.78 is 13.6. The summed E-state index contributed by atoms with van der Waals surface area (Å²) in [6.45, 7) is 2.57. The van der Waals surface area contributed by atoms with Gasteiger partial charge in [0.25, 0.3) is 0 Å². The smallest absolute Gasteiger partial charge is 0.231 e. The number of fused-ring (bicyclic) bond motifs is 1. The lowest BCUT2D eigenvalue weighted by atomic mass is 9.99. The lowest BCUT2D eigenvalue weighted by molar-refractivity contribution is -0.137. The van der Waals surface area contributed by atoms with E-state index in [1.54, 1.807) is 18.5 Å². The highest BCUT2D eigenvalue weighted by Crippen LogP contribution is 2.34. The maximum Gasteiger partial charge on any atom is 0.231 e. The predicted octanol–water partition coefficient (Wildman–Crippen LogP) is 2.15. The zero-order valence-electron chi connectivity index (χ0n) is 15.6. The van der Waals surface area contributed by atoms with Crippen LogP contribution in [-0.2, 0) is 4.79 Å². The molecule has 0 radical (unpaired) electrons. The van der Waals surface area contributed by atoms with Crippen molar-refractivity contribution >= 4 is 18.0 Å². The Kier molecular flexibility index (Phi) is 4.33. The number of likely N-dealkylation sites (tertiary alicyclic amines) is 2. The molecule has 0 bridgehead atoms. The lowest BCUT2D eigenvalue weighted by Crippen LogP contribution is -2.48. The molecule has 8 heteroatoms. The number of pyridine rings is 1. The molecule has 2 saturated heterocycles.